The second-order valence-electron chi connectivity index (χ2n) is 9.21. The summed E-state index contributed by atoms with van der Waals surface area (Å²) in [6.45, 7) is 2.40. The van der Waals surface area contributed by atoms with Crippen molar-refractivity contribution < 1.29 is 28.2 Å². The Hall–Kier alpha value is -3.93. The molecule has 7 N–H and O–H groups in total. The topological polar surface area (TPSA) is 175 Å². The second-order valence-corrected chi connectivity index (χ2v) is 11.0. The summed E-state index contributed by atoms with van der Waals surface area (Å²) in [6.07, 6.45) is 0.0343. The number of carbonyl (C=O) groups is 1. The zero-order valence-corrected chi connectivity index (χ0v) is 21.8. The Labute approximate surface area is 221 Å². The normalized spacial score (nSPS) is 14.9. The molecule has 0 fully saturated rings. The van der Waals surface area contributed by atoms with Gasteiger partial charge < -0.3 is 26.0 Å². The molecule has 0 radical (unpaired) electrons. The van der Waals surface area contributed by atoms with Crippen LogP contribution >= 0.6 is 0 Å². The van der Waals surface area contributed by atoms with E-state index in [0.29, 0.717) is 30.0 Å². The largest absolute Gasteiger partial charge is 0.506 e. The lowest BCUT2D eigenvalue weighted by Gasteiger charge is -2.15. The number of rotatable bonds is 11. The lowest BCUT2D eigenvalue weighted by molar-refractivity contribution is 0.101. The van der Waals surface area contributed by atoms with Crippen LogP contribution in [-0.4, -0.2) is 56.2 Å². The number of phenolic OH excluding ortho intramolecular Hbond substituents is 1. The Morgan fingerprint density at radius 1 is 1.11 bits per heavy atom. The van der Waals surface area contributed by atoms with E-state index in [1.165, 1.54) is 25.1 Å². The maximum absolute atomic E-state index is 11.9. The van der Waals surface area contributed by atoms with Crippen LogP contribution in [0.25, 0.3) is 11.1 Å². The van der Waals surface area contributed by atoms with Crippen LogP contribution in [0.3, 0.4) is 0 Å². The van der Waals surface area contributed by atoms with Crippen molar-refractivity contribution in [2.24, 2.45) is 5.73 Å². The van der Waals surface area contributed by atoms with Crippen LogP contribution in [0.1, 0.15) is 46.0 Å². The first-order chi connectivity index (χ1) is 17.9. The Morgan fingerprint density at radius 3 is 2.45 bits per heavy atom. The SMILES string of the molecule is CC(=O)c1ccc2c(c1)C(C(=N)N)c1cc(OCCNCC(O)c3ccc(O)c(NS(C)(=O)=O)c3)ccc1-2. The monoisotopic (exact) mass is 538 g/mol. The fraction of sp³-hybridized carbons (Fsp3) is 0.259. The molecule has 0 aliphatic heterocycles. The highest BCUT2D eigenvalue weighted by atomic mass is 32.2. The van der Waals surface area contributed by atoms with Crippen LogP contribution in [0.15, 0.2) is 54.6 Å². The molecule has 1 aliphatic rings. The molecule has 10 nitrogen and oxygen atoms in total. The van der Waals surface area contributed by atoms with E-state index in [1.807, 2.05) is 24.3 Å². The van der Waals surface area contributed by atoms with E-state index in [-0.39, 0.29) is 29.6 Å². The number of phenols is 1. The van der Waals surface area contributed by atoms with Crippen molar-refractivity contribution >= 4 is 27.3 Å². The number of fused-ring (bicyclic) bond motifs is 3. The van der Waals surface area contributed by atoms with Crippen LogP contribution in [-0.2, 0) is 10.0 Å². The van der Waals surface area contributed by atoms with Gasteiger partial charge in [0.05, 0.1) is 24.0 Å². The third-order valence-electron chi connectivity index (χ3n) is 6.29. The Kier molecular flexibility index (Phi) is 7.72. The molecule has 11 heteroatoms. The minimum absolute atomic E-state index is 0.00692. The first-order valence-corrected chi connectivity index (χ1v) is 13.8. The number of nitrogens with two attached hydrogens (primary N) is 1. The summed E-state index contributed by atoms with van der Waals surface area (Å²) in [5.41, 5.74) is 10.5. The van der Waals surface area contributed by atoms with Crippen molar-refractivity contribution in [3.8, 4) is 22.6 Å². The number of nitrogens with one attached hydrogen (secondary N) is 3. The minimum Gasteiger partial charge on any atom is -0.506 e. The predicted octanol–water partition coefficient (Wildman–Crippen LogP) is 2.72. The molecule has 0 amide bonds. The molecule has 1 aliphatic carbocycles. The molecule has 4 rings (SSSR count). The summed E-state index contributed by atoms with van der Waals surface area (Å²) in [7, 11) is -3.58. The van der Waals surface area contributed by atoms with Crippen LogP contribution in [0, 0.1) is 5.41 Å². The highest BCUT2D eigenvalue weighted by Crippen LogP contribution is 2.46. The van der Waals surface area contributed by atoms with E-state index in [9.17, 15) is 23.4 Å². The summed E-state index contributed by atoms with van der Waals surface area (Å²) in [5, 5.41) is 31.5. The van der Waals surface area contributed by atoms with Gasteiger partial charge in [-0.1, -0.05) is 24.3 Å². The van der Waals surface area contributed by atoms with Crippen molar-refractivity contribution in [2.75, 3.05) is 30.7 Å². The minimum atomic E-state index is -3.58. The van der Waals surface area contributed by atoms with E-state index in [4.69, 9.17) is 15.9 Å². The Bertz CT molecular complexity index is 1510. The first-order valence-electron chi connectivity index (χ1n) is 11.9. The lowest BCUT2D eigenvalue weighted by Crippen LogP contribution is -2.26. The van der Waals surface area contributed by atoms with E-state index in [1.54, 1.807) is 12.1 Å². The molecule has 0 heterocycles. The number of hydrogen-bond donors (Lipinski definition) is 6. The standard InChI is InChI=1S/C27H30N4O6S/c1-15(32)16-3-6-19-20-7-5-18(13-22(20)26(27(28)29)21(19)11-16)37-10-9-30-14-25(34)17-4-8-24(33)23(12-17)31-38(2,35)36/h3-8,11-13,25-26,30-31,33-34H,9-10,14H2,1-2H3,(H3,28,29). The number of Topliss-reactive ketones (excluding diaryl/α,β-unsaturated/α-hetero) is 1. The number of ketones is 1. The lowest BCUT2D eigenvalue weighted by atomic mass is 9.94. The molecule has 0 spiro atoms. The van der Waals surface area contributed by atoms with Crippen molar-refractivity contribution in [1.82, 2.24) is 5.32 Å². The zero-order valence-electron chi connectivity index (χ0n) is 21.0. The van der Waals surface area contributed by atoms with Crippen molar-refractivity contribution in [3.05, 3.63) is 76.9 Å². The summed E-state index contributed by atoms with van der Waals surface area (Å²) in [4.78, 5) is 11.9. The molecular weight excluding hydrogens is 508 g/mol. The smallest absolute Gasteiger partial charge is 0.229 e. The second kappa shape index (κ2) is 10.8. The van der Waals surface area contributed by atoms with Gasteiger partial charge in [-0.05, 0) is 65.1 Å². The van der Waals surface area contributed by atoms with Gasteiger partial charge in [-0.25, -0.2) is 8.42 Å². The number of hydrogen-bond acceptors (Lipinski definition) is 8. The van der Waals surface area contributed by atoms with Gasteiger partial charge in [0.25, 0.3) is 0 Å². The van der Waals surface area contributed by atoms with Gasteiger partial charge in [0.1, 0.15) is 23.9 Å². The van der Waals surface area contributed by atoms with E-state index >= 15 is 0 Å². The van der Waals surface area contributed by atoms with E-state index < -0.39 is 22.0 Å². The van der Waals surface area contributed by atoms with Gasteiger partial charge in [0.15, 0.2) is 5.78 Å². The fourth-order valence-corrected chi connectivity index (χ4v) is 5.09. The maximum Gasteiger partial charge on any atom is 0.229 e. The van der Waals surface area contributed by atoms with Gasteiger partial charge in [-0.3, -0.25) is 14.9 Å². The Morgan fingerprint density at radius 2 is 1.79 bits per heavy atom. The number of aliphatic hydroxyl groups is 1. The number of amidine groups is 1. The average molecular weight is 539 g/mol. The quantitative estimate of drug-likeness (QED) is 0.0710. The number of sulfonamides is 1. The van der Waals surface area contributed by atoms with Crippen LogP contribution in [0.5, 0.6) is 11.5 Å². The molecule has 2 atom stereocenters. The molecule has 2 unspecified atom stereocenters. The highest BCUT2D eigenvalue weighted by Gasteiger charge is 2.31. The van der Waals surface area contributed by atoms with Crippen molar-refractivity contribution in [1.29, 1.82) is 5.41 Å². The van der Waals surface area contributed by atoms with Gasteiger partial charge in [0.2, 0.25) is 10.0 Å². The summed E-state index contributed by atoms with van der Waals surface area (Å²) in [6, 6.07) is 15.3. The fourth-order valence-electron chi connectivity index (χ4n) is 4.52. The molecule has 3 aromatic rings. The van der Waals surface area contributed by atoms with Crippen LogP contribution in [0.4, 0.5) is 5.69 Å². The van der Waals surface area contributed by atoms with Crippen LogP contribution in [0.2, 0.25) is 0 Å². The number of ether oxygens (including phenoxy) is 1. The van der Waals surface area contributed by atoms with Gasteiger partial charge in [0, 0.05) is 18.7 Å². The third-order valence-corrected chi connectivity index (χ3v) is 6.88. The summed E-state index contributed by atoms with van der Waals surface area (Å²) in [5.74, 6) is -0.154. The summed E-state index contributed by atoms with van der Waals surface area (Å²) < 4.78 is 31.0. The van der Waals surface area contributed by atoms with Gasteiger partial charge >= 0.3 is 0 Å². The maximum atomic E-state index is 11.9. The molecule has 0 aromatic heterocycles. The van der Waals surface area contributed by atoms with Crippen LogP contribution < -0.4 is 20.5 Å². The molecule has 0 saturated heterocycles. The zero-order chi connectivity index (χ0) is 27.6. The number of aliphatic hydroxyl groups excluding tert-OH is 1. The first kappa shape index (κ1) is 27.1. The number of anilines is 1. The Balaban J connectivity index is 1.35. The van der Waals surface area contributed by atoms with Gasteiger partial charge in [-0.15, -0.1) is 0 Å². The van der Waals surface area contributed by atoms with Gasteiger partial charge in [-0.2, -0.15) is 0 Å². The molecule has 200 valence electrons. The average Bonchev–Trinajstić information content (AvgIpc) is 3.17. The predicted molar refractivity (Wildman–Crippen MR) is 146 cm³/mol. The molecule has 0 bridgehead atoms. The third kappa shape index (κ3) is 5.96. The van der Waals surface area contributed by atoms with Crippen molar-refractivity contribution in [2.45, 2.75) is 18.9 Å². The summed E-state index contributed by atoms with van der Waals surface area (Å²) >= 11 is 0. The number of carbonyl (C=O) groups excluding carboxylic acids is 1. The number of aromatic hydroxyl groups is 1. The van der Waals surface area contributed by atoms with Crippen molar-refractivity contribution in [3.63, 3.8) is 0 Å². The molecule has 38 heavy (non-hydrogen) atoms. The molecule has 3 aromatic carbocycles. The number of benzene rings is 3. The van der Waals surface area contributed by atoms with E-state index in [0.717, 1.165) is 28.5 Å². The molecular formula is C27H30N4O6S. The molecule has 0 saturated carbocycles. The highest BCUT2D eigenvalue weighted by molar-refractivity contribution is 7.92. The van der Waals surface area contributed by atoms with E-state index in [2.05, 4.69) is 10.0 Å².